The van der Waals surface area contributed by atoms with Crippen molar-refractivity contribution in [3.8, 4) is 0 Å². The third-order valence-electron chi connectivity index (χ3n) is 6.09. The number of aryl methyl sites for hydroxylation is 1. The summed E-state index contributed by atoms with van der Waals surface area (Å²) in [5, 5.41) is 0. The van der Waals surface area contributed by atoms with E-state index in [0.717, 1.165) is 18.9 Å². The summed E-state index contributed by atoms with van der Waals surface area (Å²) in [5.74, 6) is 0.326. The number of carbonyl (C=O) groups is 2. The van der Waals surface area contributed by atoms with Crippen molar-refractivity contribution in [2.45, 2.75) is 31.9 Å². The molecule has 0 N–H and O–H groups in total. The summed E-state index contributed by atoms with van der Waals surface area (Å²) in [6.45, 7) is 6.41. The van der Waals surface area contributed by atoms with Crippen molar-refractivity contribution >= 4 is 11.9 Å². The topological polar surface area (TPSA) is 67.7 Å². The fraction of sp³-hybridized carbons (Fsp3) is 0.500. The molecule has 0 unspecified atom stereocenters. The predicted molar refractivity (Wildman–Crippen MR) is 108 cm³/mol. The second kappa shape index (κ2) is 7.63. The quantitative estimate of drug-likeness (QED) is 0.740. The van der Waals surface area contributed by atoms with Gasteiger partial charge in [-0.3, -0.25) is 14.5 Å². The zero-order valence-corrected chi connectivity index (χ0v) is 17.2. The van der Waals surface area contributed by atoms with Crippen LogP contribution in [-0.4, -0.2) is 63.0 Å². The highest BCUT2D eigenvalue weighted by molar-refractivity contribution is 5.87. The van der Waals surface area contributed by atoms with E-state index in [1.54, 1.807) is 0 Å². The van der Waals surface area contributed by atoms with E-state index in [-0.39, 0.29) is 24.3 Å². The fourth-order valence-corrected chi connectivity index (χ4v) is 4.42. The molecular formula is C22H28N4O3. The average Bonchev–Trinajstić information content (AvgIpc) is 3.24. The number of rotatable bonds is 4. The molecule has 7 nitrogen and oxygen atoms in total. The van der Waals surface area contributed by atoms with Crippen molar-refractivity contribution < 1.29 is 14.3 Å². The van der Waals surface area contributed by atoms with Crippen LogP contribution >= 0.6 is 0 Å². The van der Waals surface area contributed by atoms with Crippen molar-refractivity contribution in [2.75, 3.05) is 26.2 Å². The monoisotopic (exact) mass is 396 g/mol. The molecular weight excluding hydrogens is 368 g/mol. The highest BCUT2D eigenvalue weighted by Crippen LogP contribution is 2.34. The molecule has 154 valence electrons. The number of benzene rings is 1. The second-order valence-electron chi connectivity index (χ2n) is 8.41. The van der Waals surface area contributed by atoms with E-state index in [4.69, 9.17) is 4.74 Å². The molecule has 2 aliphatic rings. The minimum Gasteiger partial charge on any atom is -0.459 e. The molecule has 2 atom stereocenters. The highest BCUT2D eigenvalue weighted by Gasteiger charge is 2.48. The number of hydrogen-bond acceptors (Lipinski definition) is 5. The highest BCUT2D eigenvalue weighted by atomic mass is 16.6. The Kier molecular flexibility index (Phi) is 5.17. The lowest BCUT2D eigenvalue weighted by atomic mass is 9.89. The Morgan fingerprint density at radius 1 is 1.17 bits per heavy atom. The maximum Gasteiger partial charge on any atom is 0.307 e. The third kappa shape index (κ3) is 3.79. The van der Waals surface area contributed by atoms with Gasteiger partial charge in [0.15, 0.2) is 0 Å². The molecule has 0 spiro atoms. The third-order valence-corrected chi connectivity index (χ3v) is 6.09. The fourth-order valence-electron chi connectivity index (χ4n) is 4.42. The first-order valence-corrected chi connectivity index (χ1v) is 10.1. The number of hydrogen-bond donors (Lipinski definition) is 0. The van der Waals surface area contributed by atoms with E-state index >= 15 is 0 Å². The number of carbonyl (C=O) groups excluding carboxylic acids is 2. The first-order valence-electron chi connectivity index (χ1n) is 10.1. The molecule has 1 aromatic heterocycles. The van der Waals surface area contributed by atoms with E-state index in [0.29, 0.717) is 13.1 Å². The molecule has 2 saturated heterocycles. The molecule has 0 saturated carbocycles. The Morgan fingerprint density at radius 2 is 1.86 bits per heavy atom. The number of esters is 1. The molecule has 0 bridgehead atoms. The molecule has 0 radical (unpaired) electrons. The molecule has 1 aromatic carbocycles. The van der Waals surface area contributed by atoms with E-state index < -0.39 is 11.5 Å². The van der Waals surface area contributed by atoms with Crippen LogP contribution in [0.1, 0.15) is 37.7 Å². The van der Waals surface area contributed by atoms with Gasteiger partial charge in [0.2, 0.25) is 5.91 Å². The van der Waals surface area contributed by atoms with Crippen LogP contribution in [0.5, 0.6) is 0 Å². The smallest absolute Gasteiger partial charge is 0.307 e. The zero-order chi connectivity index (χ0) is 20.6. The van der Waals surface area contributed by atoms with Crippen LogP contribution in [0.2, 0.25) is 0 Å². The predicted octanol–water partition coefficient (Wildman–Crippen LogP) is 2.00. The van der Waals surface area contributed by atoms with E-state index in [1.165, 1.54) is 5.56 Å². The molecule has 0 aliphatic carbocycles. The lowest BCUT2D eigenvalue weighted by molar-refractivity contribution is -0.149. The van der Waals surface area contributed by atoms with Crippen molar-refractivity contribution in [2.24, 2.45) is 13.0 Å². The number of ether oxygens (including phenoxy) is 1. The van der Waals surface area contributed by atoms with Crippen molar-refractivity contribution in [1.82, 2.24) is 19.4 Å². The van der Waals surface area contributed by atoms with Crippen molar-refractivity contribution in [1.29, 1.82) is 0 Å². The Labute approximate surface area is 171 Å². The maximum absolute atomic E-state index is 13.0. The summed E-state index contributed by atoms with van der Waals surface area (Å²) in [7, 11) is 2.01. The number of cyclic esters (lactones) is 1. The van der Waals surface area contributed by atoms with Gasteiger partial charge < -0.3 is 14.2 Å². The second-order valence-corrected chi connectivity index (χ2v) is 8.41. The van der Waals surface area contributed by atoms with Gasteiger partial charge in [-0.25, -0.2) is 4.98 Å². The van der Waals surface area contributed by atoms with Gasteiger partial charge in [0, 0.05) is 45.6 Å². The van der Waals surface area contributed by atoms with Crippen molar-refractivity contribution in [3.05, 3.63) is 54.1 Å². The SMILES string of the molecule is Cn1ccnc1[C@@H](c1ccccc1)N1CCN(C(=O)[C@@H]2CC(=O)OC2(C)C)CC1. The Morgan fingerprint density at radius 3 is 2.41 bits per heavy atom. The maximum atomic E-state index is 13.0. The van der Waals surface area contributed by atoms with Crippen molar-refractivity contribution in [3.63, 3.8) is 0 Å². The summed E-state index contributed by atoms with van der Waals surface area (Å²) in [5.41, 5.74) is 0.461. The number of imidazole rings is 1. The number of amides is 1. The van der Waals surface area contributed by atoms with Crippen LogP contribution in [0.25, 0.3) is 0 Å². The Bertz CT molecular complexity index is 884. The van der Waals surface area contributed by atoms with E-state index in [1.807, 2.05) is 56.4 Å². The number of piperazine rings is 1. The minimum atomic E-state index is -0.731. The molecule has 1 amide bonds. The van der Waals surface area contributed by atoms with E-state index in [2.05, 4.69) is 26.6 Å². The average molecular weight is 396 g/mol. The number of aromatic nitrogens is 2. The van der Waals surface area contributed by atoms with Gasteiger partial charge in [0.25, 0.3) is 0 Å². The largest absolute Gasteiger partial charge is 0.459 e. The van der Waals surface area contributed by atoms with Gasteiger partial charge in [0.1, 0.15) is 11.4 Å². The van der Waals surface area contributed by atoms with Crippen LogP contribution in [0.15, 0.2) is 42.7 Å². The first-order chi connectivity index (χ1) is 13.9. The van der Waals surface area contributed by atoms with E-state index in [9.17, 15) is 9.59 Å². The minimum absolute atomic E-state index is 0.0220. The summed E-state index contributed by atoms with van der Waals surface area (Å²) in [6, 6.07) is 10.4. The van der Waals surface area contributed by atoms with Gasteiger partial charge in [-0.15, -0.1) is 0 Å². The zero-order valence-electron chi connectivity index (χ0n) is 17.2. The van der Waals surface area contributed by atoms with Crippen LogP contribution in [0, 0.1) is 5.92 Å². The molecule has 4 rings (SSSR count). The molecule has 3 heterocycles. The standard InChI is InChI=1S/C22H28N4O3/c1-22(2)17(15-18(27)29-22)21(28)26-13-11-25(12-14-26)19(16-7-5-4-6-8-16)20-23-9-10-24(20)3/h4-10,17,19H,11-15H2,1-3H3/t17-,19+/m0/s1. The van der Waals surface area contributed by atoms with Crippen LogP contribution < -0.4 is 0 Å². The summed E-state index contributed by atoms with van der Waals surface area (Å²) >= 11 is 0. The van der Waals surface area contributed by atoms with Crippen LogP contribution in [0.3, 0.4) is 0 Å². The Hall–Kier alpha value is -2.67. The molecule has 2 fully saturated rings. The lowest BCUT2D eigenvalue weighted by Crippen LogP contribution is -2.53. The van der Waals surface area contributed by atoms with Gasteiger partial charge in [-0.2, -0.15) is 0 Å². The molecule has 7 heteroatoms. The first kappa shape index (κ1) is 19.6. The van der Waals surface area contributed by atoms with Gasteiger partial charge in [-0.05, 0) is 19.4 Å². The van der Waals surface area contributed by atoms with Crippen LogP contribution in [-0.2, 0) is 21.4 Å². The summed E-state index contributed by atoms with van der Waals surface area (Å²) in [6.07, 6.45) is 3.96. The van der Waals surface area contributed by atoms with Gasteiger partial charge in [-0.1, -0.05) is 30.3 Å². The summed E-state index contributed by atoms with van der Waals surface area (Å²) < 4.78 is 7.40. The normalized spacial score (nSPS) is 23.1. The molecule has 2 aliphatic heterocycles. The lowest BCUT2D eigenvalue weighted by Gasteiger charge is -2.40. The summed E-state index contributed by atoms with van der Waals surface area (Å²) in [4.78, 5) is 33.6. The Balaban J connectivity index is 1.49. The number of nitrogens with zero attached hydrogens (tertiary/aromatic N) is 4. The van der Waals surface area contributed by atoms with Gasteiger partial charge in [0.05, 0.1) is 18.4 Å². The van der Waals surface area contributed by atoms with Gasteiger partial charge >= 0.3 is 5.97 Å². The van der Waals surface area contributed by atoms with Crippen LogP contribution in [0.4, 0.5) is 0 Å². The molecule has 29 heavy (non-hydrogen) atoms. The molecule has 2 aromatic rings.